The first kappa shape index (κ1) is 15.9. The first-order chi connectivity index (χ1) is 7.49. The van der Waals surface area contributed by atoms with Gasteiger partial charge in [-0.2, -0.15) is 0 Å². The standard InChI is InChI=1S/C14H32N2/c1-6-11-16(12-7-2)13-9-8-10-15-14(3,4)5/h15H,6-13H2,1-5H3. The van der Waals surface area contributed by atoms with Gasteiger partial charge in [0.2, 0.25) is 0 Å². The highest BCUT2D eigenvalue weighted by molar-refractivity contribution is 4.69. The molecule has 0 unspecified atom stereocenters. The molecule has 0 aliphatic heterocycles. The quantitative estimate of drug-likeness (QED) is 0.609. The Morgan fingerprint density at radius 2 is 1.44 bits per heavy atom. The van der Waals surface area contributed by atoms with Gasteiger partial charge in [-0.05, 0) is 72.6 Å². The van der Waals surface area contributed by atoms with Gasteiger partial charge in [0.05, 0.1) is 0 Å². The van der Waals surface area contributed by atoms with Crippen molar-refractivity contribution in [1.29, 1.82) is 0 Å². The van der Waals surface area contributed by atoms with E-state index in [0.717, 1.165) is 6.54 Å². The normalized spacial score (nSPS) is 12.4. The molecule has 2 heteroatoms. The summed E-state index contributed by atoms with van der Waals surface area (Å²) in [5.74, 6) is 0. The molecule has 16 heavy (non-hydrogen) atoms. The van der Waals surface area contributed by atoms with Gasteiger partial charge in [0.1, 0.15) is 0 Å². The summed E-state index contributed by atoms with van der Waals surface area (Å²) >= 11 is 0. The fourth-order valence-electron chi connectivity index (χ4n) is 1.89. The third-order valence-corrected chi connectivity index (χ3v) is 2.64. The molecule has 0 atom stereocenters. The SMILES string of the molecule is CCCN(CCC)CCCCNC(C)(C)C. The molecule has 0 spiro atoms. The Bertz CT molecular complexity index is 143. The summed E-state index contributed by atoms with van der Waals surface area (Å²) in [4.78, 5) is 2.59. The van der Waals surface area contributed by atoms with Crippen LogP contribution in [0.1, 0.15) is 60.3 Å². The van der Waals surface area contributed by atoms with Crippen LogP contribution in [-0.4, -0.2) is 36.6 Å². The van der Waals surface area contributed by atoms with Crippen LogP contribution in [0.2, 0.25) is 0 Å². The molecule has 0 aliphatic rings. The zero-order valence-corrected chi connectivity index (χ0v) is 12.1. The fraction of sp³-hybridized carbons (Fsp3) is 1.00. The third-order valence-electron chi connectivity index (χ3n) is 2.64. The highest BCUT2D eigenvalue weighted by Crippen LogP contribution is 2.01. The fourth-order valence-corrected chi connectivity index (χ4v) is 1.89. The highest BCUT2D eigenvalue weighted by atomic mass is 15.1. The largest absolute Gasteiger partial charge is 0.312 e. The molecule has 98 valence electrons. The van der Waals surface area contributed by atoms with Gasteiger partial charge in [0.15, 0.2) is 0 Å². The second-order valence-electron chi connectivity index (χ2n) is 5.73. The molecule has 0 saturated heterocycles. The molecule has 0 bridgehead atoms. The topological polar surface area (TPSA) is 15.3 Å². The molecule has 0 aromatic rings. The first-order valence-corrected chi connectivity index (χ1v) is 6.97. The Morgan fingerprint density at radius 1 is 0.875 bits per heavy atom. The molecule has 0 saturated carbocycles. The van der Waals surface area contributed by atoms with Crippen molar-refractivity contribution in [2.24, 2.45) is 0 Å². The Hall–Kier alpha value is -0.0800. The van der Waals surface area contributed by atoms with Gasteiger partial charge in [0, 0.05) is 5.54 Å². The van der Waals surface area contributed by atoms with Crippen molar-refractivity contribution in [3.63, 3.8) is 0 Å². The van der Waals surface area contributed by atoms with Gasteiger partial charge in [-0.3, -0.25) is 0 Å². The maximum Gasteiger partial charge on any atom is 0.00965 e. The van der Waals surface area contributed by atoms with Crippen LogP contribution in [0.15, 0.2) is 0 Å². The minimum Gasteiger partial charge on any atom is -0.312 e. The van der Waals surface area contributed by atoms with E-state index in [2.05, 4.69) is 44.8 Å². The first-order valence-electron chi connectivity index (χ1n) is 6.97. The van der Waals surface area contributed by atoms with Crippen molar-refractivity contribution in [1.82, 2.24) is 10.2 Å². The summed E-state index contributed by atoms with van der Waals surface area (Å²) < 4.78 is 0. The molecule has 0 aliphatic carbocycles. The molecular formula is C14H32N2. The predicted octanol–water partition coefficient (Wildman–Crippen LogP) is 3.28. The number of nitrogens with one attached hydrogen (secondary N) is 1. The number of nitrogens with zero attached hydrogens (tertiary/aromatic N) is 1. The number of rotatable bonds is 9. The maximum absolute atomic E-state index is 3.54. The number of hydrogen-bond acceptors (Lipinski definition) is 2. The van der Waals surface area contributed by atoms with E-state index in [0.29, 0.717) is 0 Å². The van der Waals surface area contributed by atoms with Crippen molar-refractivity contribution >= 4 is 0 Å². The molecular weight excluding hydrogens is 196 g/mol. The summed E-state index contributed by atoms with van der Waals surface area (Å²) in [5.41, 5.74) is 0.270. The Labute approximate surface area is 103 Å². The average Bonchev–Trinajstić information content (AvgIpc) is 2.16. The Kier molecular flexibility index (Phi) is 8.96. The lowest BCUT2D eigenvalue weighted by atomic mass is 10.1. The van der Waals surface area contributed by atoms with Crippen molar-refractivity contribution in [2.45, 2.75) is 65.8 Å². The molecule has 1 N–H and O–H groups in total. The second kappa shape index (κ2) is 9.00. The molecule has 0 fully saturated rings. The van der Waals surface area contributed by atoms with E-state index in [1.165, 1.54) is 45.3 Å². The lowest BCUT2D eigenvalue weighted by Crippen LogP contribution is -2.36. The van der Waals surface area contributed by atoms with Crippen molar-refractivity contribution in [3.05, 3.63) is 0 Å². The molecule has 0 aromatic heterocycles. The molecule has 0 aromatic carbocycles. The van der Waals surface area contributed by atoms with E-state index >= 15 is 0 Å². The van der Waals surface area contributed by atoms with Crippen LogP contribution in [-0.2, 0) is 0 Å². The van der Waals surface area contributed by atoms with Crippen molar-refractivity contribution < 1.29 is 0 Å². The van der Waals surface area contributed by atoms with Crippen LogP contribution in [0.5, 0.6) is 0 Å². The molecule has 0 rings (SSSR count). The molecule has 0 radical (unpaired) electrons. The van der Waals surface area contributed by atoms with Gasteiger partial charge < -0.3 is 10.2 Å². The lowest BCUT2D eigenvalue weighted by molar-refractivity contribution is 0.267. The van der Waals surface area contributed by atoms with E-state index in [9.17, 15) is 0 Å². The van der Waals surface area contributed by atoms with E-state index in [1.54, 1.807) is 0 Å². The van der Waals surface area contributed by atoms with Crippen molar-refractivity contribution in [3.8, 4) is 0 Å². The highest BCUT2D eigenvalue weighted by Gasteiger charge is 2.07. The minimum absolute atomic E-state index is 0.270. The molecule has 0 amide bonds. The molecule has 2 nitrogen and oxygen atoms in total. The summed E-state index contributed by atoms with van der Waals surface area (Å²) in [5, 5.41) is 3.54. The summed E-state index contributed by atoms with van der Waals surface area (Å²) in [6, 6.07) is 0. The lowest BCUT2D eigenvalue weighted by Gasteiger charge is -2.22. The smallest absolute Gasteiger partial charge is 0.00965 e. The second-order valence-corrected chi connectivity index (χ2v) is 5.73. The molecule has 0 heterocycles. The summed E-state index contributed by atoms with van der Waals surface area (Å²) in [7, 11) is 0. The van der Waals surface area contributed by atoms with Gasteiger partial charge in [-0.1, -0.05) is 13.8 Å². The third kappa shape index (κ3) is 10.4. The van der Waals surface area contributed by atoms with E-state index < -0.39 is 0 Å². The average molecular weight is 228 g/mol. The Balaban J connectivity index is 3.46. The Morgan fingerprint density at radius 3 is 1.88 bits per heavy atom. The maximum atomic E-state index is 3.54. The van der Waals surface area contributed by atoms with Crippen LogP contribution in [0.3, 0.4) is 0 Å². The van der Waals surface area contributed by atoms with Crippen LogP contribution >= 0.6 is 0 Å². The van der Waals surface area contributed by atoms with Gasteiger partial charge in [-0.25, -0.2) is 0 Å². The minimum atomic E-state index is 0.270. The zero-order chi connectivity index (χ0) is 12.4. The van der Waals surface area contributed by atoms with Crippen LogP contribution in [0, 0.1) is 0 Å². The van der Waals surface area contributed by atoms with E-state index in [-0.39, 0.29) is 5.54 Å². The zero-order valence-electron chi connectivity index (χ0n) is 12.1. The predicted molar refractivity (Wildman–Crippen MR) is 74.0 cm³/mol. The van der Waals surface area contributed by atoms with Crippen LogP contribution in [0.25, 0.3) is 0 Å². The van der Waals surface area contributed by atoms with Gasteiger partial charge in [-0.15, -0.1) is 0 Å². The number of unbranched alkanes of at least 4 members (excludes halogenated alkanes) is 1. The summed E-state index contributed by atoms with van der Waals surface area (Å²) in [6.45, 7) is 16.2. The van der Waals surface area contributed by atoms with Crippen LogP contribution < -0.4 is 5.32 Å². The van der Waals surface area contributed by atoms with E-state index in [4.69, 9.17) is 0 Å². The van der Waals surface area contributed by atoms with E-state index in [1.807, 2.05) is 0 Å². The monoisotopic (exact) mass is 228 g/mol. The van der Waals surface area contributed by atoms with Gasteiger partial charge >= 0.3 is 0 Å². The van der Waals surface area contributed by atoms with Crippen LogP contribution in [0.4, 0.5) is 0 Å². The van der Waals surface area contributed by atoms with Gasteiger partial charge in [0.25, 0.3) is 0 Å². The van der Waals surface area contributed by atoms with Crippen molar-refractivity contribution in [2.75, 3.05) is 26.2 Å². The summed E-state index contributed by atoms with van der Waals surface area (Å²) in [6.07, 6.45) is 5.17. The number of hydrogen-bond donors (Lipinski definition) is 1.